The van der Waals surface area contributed by atoms with E-state index in [4.69, 9.17) is 0 Å². The summed E-state index contributed by atoms with van der Waals surface area (Å²) in [6.07, 6.45) is 0. The van der Waals surface area contributed by atoms with E-state index in [2.05, 4.69) is 91.0 Å². The molecule has 42 heavy (non-hydrogen) atoms. The summed E-state index contributed by atoms with van der Waals surface area (Å²) in [5, 5.41) is 24.2. The third-order valence-corrected chi connectivity index (χ3v) is 10.2. The van der Waals surface area contributed by atoms with Crippen molar-refractivity contribution in [1.82, 2.24) is 0 Å². The molecule has 0 atom stereocenters. The molecule has 0 radical (unpaired) electrons. The zero-order valence-electron chi connectivity index (χ0n) is 22.3. The molecule has 0 bridgehead atoms. The molecule has 0 fully saturated rings. The van der Waals surface area contributed by atoms with Crippen molar-refractivity contribution >= 4 is 63.0 Å². The molecule has 2 aromatic heterocycles. The standard InChI is InChI=1S/C38H20N2S2/c39-21-23-9-12-36-32(15-23)34-20-25(11-14-38(34)42-36)28-16-27(17-29(18-28)30-6-2-1-5-26(30)22-40)24-10-13-37-33(19-24)31-7-3-4-8-35(31)41-37/h1-20H. The fourth-order valence-electron chi connectivity index (χ4n) is 5.88. The van der Waals surface area contributed by atoms with Crippen molar-refractivity contribution in [2.75, 3.05) is 0 Å². The van der Waals surface area contributed by atoms with E-state index in [1.54, 1.807) is 11.3 Å². The summed E-state index contributed by atoms with van der Waals surface area (Å²) < 4.78 is 4.94. The lowest BCUT2D eigenvalue weighted by Crippen LogP contribution is -1.89. The molecule has 2 nitrogen and oxygen atoms in total. The predicted octanol–water partition coefficient (Wildman–Crippen LogP) is 11.2. The van der Waals surface area contributed by atoms with Crippen LogP contribution in [-0.4, -0.2) is 0 Å². The largest absolute Gasteiger partial charge is 0.192 e. The first-order valence-electron chi connectivity index (χ1n) is 13.6. The van der Waals surface area contributed by atoms with Gasteiger partial charge >= 0.3 is 0 Å². The van der Waals surface area contributed by atoms with Gasteiger partial charge < -0.3 is 0 Å². The smallest absolute Gasteiger partial charge is 0.0998 e. The molecular formula is C38H20N2S2. The van der Waals surface area contributed by atoms with Crippen molar-refractivity contribution in [2.45, 2.75) is 0 Å². The normalized spacial score (nSPS) is 11.3. The van der Waals surface area contributed by atoms with Gasteiger partial charge in [0.2, 0.25) is 0 Å². The van der Waals surface area contributed by atoms with E-state index in [1.807, 2.05) is 53.8 Å². The van der Waals surface area contributed by atoms with Crippen LogP contribution in [0.5, 0.6) is 0 Å². The second-order valence-corrected chi connectivity index (χ2v) is 12.6. The number of hydrogen-bond donors (Lipinski definition) is 0. The van der Waals surface area contributed by atoms with Gasteiger partial charge in [0.15, 0.2) is 0 Å². The fraction of sp³-hybridized carbons (Fsp3) is 0. The van der Waals surface area contributed by atoms with Crippen LogP contribution in [0.15, 0.2) is 121 Å². The van der Waals surface area contributed by atoms with Gasteiger partial charge in [-0.1, -0.05) is 48.5 Å². The summed E-state index contributed by atoms with van der Waals surface area (Å²) >= 11 is 3.57. The molecule has 0 N–H and O–H groups in total. The molecular weight excluding hydrogens is 549 g/mol. The average Bonchev–Trinajstić information content (AvgIpc) is 3.61. The lowest BCUT2D eigenvalue weighted by molar-refractivity contribution is 1.48. The Bertz CT molecular complexity index is 2450. The molecule has 0 amide bonds. The van der Waals surface area contributed by atoms with Gasteiger partial charge in [-0.05, 0) is 106 Å². The molecule has 8 aromatic rings. The number of nitriles is 2. The van der Waals surface area contributed by atoms with Gasteiger partial charge in [-0.25, -0.2) is 0 Å². The summed E-state index contributed by atoms with van der Waals surface area (Å²) in [5.41, 5.74) is 7.69. The highest BCUT2D eigenvalue weighted by Crippen LogP contribution is 2.41. The van der Waals surface area contributed by atoms with E-state index < -0.39 is 0 Å². The van der Waals surface area contributed by atoms with Gasteiger partial charge in [0.1, 0.15) is 0 Å². The second kappa shape index (κ2) is 9.68. The summed E-state index contributed by atoms with van der Waals surface area (Å²) in [4.78, 5) is 0. The molecule has 6 aromatic carbocycles. The van der Waals surface area contributed by atoms with E-state index in [-0.39, 0.29) is 0 Å². The van der Waals surface area contributed by atoms with Crippen LogP contribution >= 0.6 is 22.7 Å². The Morgan fingerprint density at radius 2 is 0.952 bits per heavy atom. The van der Waals surface area contributed by atoms with Crippen molar-refractivity contribution < 1.29 is 0 Å². The first-order valence-corrected chi connectivity index (χ1v) is 15.2. The van der Waals surface area contributed by atoms with Crippen LogP contribution in [0.2, 0.25) is 0 Å². The highest BCUT2D eigenvalue weighted by Gasteiger charge is 2.14. The molecule has 4 heteroatoms. The average molecular weight is 569 g/mol. The van der Waals surface area contributed by atoms with Crippen molar-refractivity contribution in [3.05, 3.63) is 132 Å². The quantitative estimate of drug-likeness (QED) is 0.213. The summed E-state index contributed by atoms with van der Waals surface area (Å²) in [6.45, 7) is 0. The Hall–Kier alpha value is -5.26. The zero-order chi connectivity index (χ0) is 28.2. The van der Waals surface area contributed by atoms with Gasteiger partial charge in [0.05, 0.1) is 23.3 Å². The first kappa shape index (κ1) is 24.5. The Morgan fingerprint density at radius 3 is 1.64 bits per heavy atom. The molecule has 0 aliphatic rings. The maximum absolute atomic E-state index is 9.92. The van der Waals surface area contributed by atoms with Crippen molar-refractivity contribution in [1.29, 1.82) is 10.5 Å². The van der Waals surface area contributed by atoms with Crippen LogP contribution in [0, 0.1) is 22.7 Å². The molecule has 0 unspecified atom stereocenters. The Morgan fingerprint density at radius 1 is 0.405 bits per heavy atom. The van der Waals surface area contributed by atoms with Crippen LogP contribution in [0.1, 0.15) is 11.1 Å². The van der Waals surface area contributed by atoms with Crippen molar-refractivity contribution in [2.24, 2.45) is 0 Å². The number of hydrogen-bond acceptors (Lipinski definition) is 4. The summed E-state index contributed by atoms with van der Waals surface area (Å²) in [5.74, 6) is 0. The second-order valence-electron chi connectivity index (χ2n) is 10.4. The van der Waals surface area contributed by atoms with E-state index in [0.717, 1.165) is 44.2 Å². The predicted molar refractivity (Wildman–Crippen MR) is 178 cm³/mol. The fourth-order valence-corrected chi connectivity index (χ4v) is 8.03. The highest BCUT2D eigenvalue weighted by molar-refractivity contribution is 7.26. The molecule has 0 saturated carbocycles. The Labute approximate surface area is 250 Å². The molecule has 0 saturated heterocycles. The molecule has 8 rings (SSSR count). The van der Waals surface area contributed by atoms with Crippen LogP contribution in [-0.2, 0) is 0 Å². The maximum Gasteiger partial charge on any atom is 0.0998 e. The summed E-state index contributed by atoms with van der Waals surface area (Å²) in [7, 11) is 0. The summed E-state index contributed by atoms with van der Waals surface area (Å²) in [6, 6.07) is 46.9. The van der Waals surface area contributed by atoms with Gasteiger partial charge in [0, 0.05) is 40.3 Å². The maximum atomic E-state index is 9.92. The van der Waals surface area contributed by atoms with Gasteiger partial charge in [-0.3, -0.25) is 0 Å². The van der Waals surface area contributed by atoms with Crippen LogP contribution in [0.4, 0.5) is 0 Å². The van der Waals surface area contributed by atoms with E-state index in [0.29, 0.717) is 11.1 Å². The molecule has 0 aliphatic carbocycles. The SMILES string of the molecule is N#Cc1ccc2sc3ccc(-c4cc(-c5ccc6sc7ccccc7c6c5)cc(-c5ccccc5C#N)c4)cc3c2c1. The molecule has 0 aliphatic heterocycles. The van der Waals surface area contributed by atoms with Crippen LogP contribution < -0.4 is 0 Å². The third kappa shape index (κ3) is 3.98. The molecule has 0 spiro atoms. The van der Waals surface area contributed by atoms with Crippen LogP contribution in [0.3, 0.4) is 0 Å². The Balaban J connectivity index is 1.37. The number of thiophene rings is 2. The lowest BCUT2D eigenvalue weighted by Gasteiger charge is -2.13. The van der Waals surface area contributed by atoms with Gasteiger partial charge in [-0.15, -0.1) is 22.7 Å². The minimum absolute atomic E-state index is 0.656. The highest BCUT2D eigenvalue weighted by atomic mass is 32.1. The van der Waals surface area contributed by atoms with E-state index in [9.17, 15) is 10.5 Å². The van der Waals surface area contributed by atoms with E-state index in [1.165, 1.54) is 29.6 Å². The number of benzene rings is 6. The minimum Gasteiger partial charge on any atom is -0.192 e. The van der Waals surface area contributed by atoms with Crippen LogP contribution in [0.25, 0.3) is 73.7 Å². The topological polar surface area (TPSA) is 47.6 Å². The van der Waals surface area contributed by atoms with Gasteiger partial charge in [0.25, 0.3) is 0 Å². The first-order chi connectivity index (χ1) is 20.7. The number of rotatable bonds is 3. The number of nitrogens with zero attached hydrogens (tertiary/aromatic N) is 2. The van der Waals surface area contributed by atoms with E-state index >= 15 is 0 Å². The van der Waals surface area contributed by atoms with Crippen molar-refractivity contribution in [3.63, 3.8) is 0 Å². The molecule has 2 heterocycles. The molecule has 194 valence electrons. The minimum atomic E-state index is 0.656. The van der Waals surface area contributed by atoms with Crippen molar-refractivity contribution in [3.8, 4) is 45.5 Å². The monoisotopic (exact) mass is 568 g/mol. The third-order valence-electron chi connectivity index (χ3n) is 7.93. The Kier molecular flexibility index (Phi) is 5.66. The van der Waals surface area contributed by atoms with Gasteiger partial charge in [-0.2, -0.15) is 10.5 Å². The number of fused-ring (bicyclic) bond motifs is 6. The zero-order valence-corrected chi connectivity index (χ0v) is 23.9. The lowest BCUT2D eigenvalue weighted by atomic mass is 9.91.